The molecule has 0 spiro atoms. The van der Waals surface area contributed by atoms with E-state index in [0.717, 1.165) is 0 Å². The van der Waals surface area contributed by atoms with Gasteiger partial charge in [0.1, 0.15) is 6.73 Å². The van der Waals surface area contributed by atoms with Gasteiger partial charge in [-0.05, 0) is 20.8 Å². The molecule has 0 heterocycles. The van der Waals surface area contributed by atoms with Crippen LogP contribution < -0.4 is 5.73 Å². The molecule has 3 nitrogen and oxygen atoms in total. The molecule has 2 N–H and O–H groups in total. The average molecular weight is 131 g/mol. The summed E-state index contributed by atoms with van der Waals surface area (Å²) in [4.78, 5) is 10.8. The van der Waals surface area contributed by atoms with Crippen LogP contribution in [0.2, 0.25) is 0 Å². The Hall–Kier alpha value is -0.570. The number of nitrogens with two attached hydrogens (primary N) is 1. The smallest absolute Gasteiger partial charge is 0.312 e. The van der Waals surface area contributed by atoms with Gasteiger partial charge in [-0.3, -0.25) is 10.5 Å². The van der Waals surface area contributed by atoms with E-state index in [0.29, 0.717) is 0 Å². The molecule has 0 fully saturated rings. The lowest BCUT2D eigenvalue weighted by molar-refractivity contribution is -0.152. The van der Waals surface area contributed by atoms with E-state index in [1.54, 1.807) is 20.8 Å². The minimum Gasteiger partial charge on any atom is -0.450 e. The summed E-state index contributed by atoms with van der Waals surface area (Å²) >= 11 is 0. The second kappa shape index (κ2) is 2.82. The minimum atomic E-state index is -0.431. The van der Waals surface area contributed by atoms with Crippen LogP contribution in [0, 0.1) is 5.41 Å². The number of hydrogen-bond donors (Lipinski definition) is 1. The van der Waals surface area contributed by atoms with Gasteiger partial charge >= 0.3 is 5.97 Å². The molecule has 0 atom stereocenters. The van der Waals surface area contributed by atoms with Crippen LogP contribution >= 0.6 is 0 Å². The molecule has 0 bridgehead atoms. The fraction of sp³-hybridized carbons (Fsp3) is 0.833. The van der Waals surface area contributed by atoms with Gasteiger partial charge in [0.2, 0.25) is 0 Å². The standard InChI is InChI=1S/C6H13NO2/c1-6(2,3)5(8)9-4-7/h4,7H2,1-3H3. The number of ether oxygens (including phenoxy) is 1. The minimum absolute atomic E-state index is 0.0316. The highest BCUT2D eigenvalue weighted by molar-refractivity contribution is 5.75. The zero-order valence-corrected chi connectivity index (χ0v) is 6.10. The third-order valence-electron chi connectivity index (χ3n) is 0.827. The first kappa shape index (κ1) is 8.43. The maximum Gasteiger partial charge on any atom is 0.312 e. The molecule has 0 amide bonds. The zero-order chi connectivity index (χ0) is 7.49. The predicted molar refractivity (Wildman–Crippen MR) is 34.6 cm³/mol. The van der Waals surface area contributed by atoms with Crippen LogP contribution in [-0.4, -0.2) is 12.7 Å². The second-order valence-corrected chi connectivity index (χ2v) is 2.85. The largest absolute Gasteiger partial charge is 0.450 e. The highest BCUT2D eigenvalue weighted by atomic mass is 16.5. The highest BCUT2D eigenvalue weighted by Crippen LogP contribution is 2.14. The second-order valence-electron chi connectivity index (χ2n) is 2.85. The van der Waals surface area contributed by atoms with Gasteiger partial charge in [0.15, 0.2) is 0 Å². The summed E-state index contributed by atoms with van der Waals surface area (Å²) in [6.07, 6.45) is 0. The van der Waals surface area contributed by atoms with Crippen LogP contribution in [0.25, 0.3) is 0 Å². The van der Waals surface area contributed by atoms with Crippen LogP contribution in [0.3, 0.4) is 0 Å². The Kier molecular flexibility index (Phi) is 2.65. The van der Waals surface area contributed by atoms with Gasteiger partial charge in [-0.2, -0.15) is 0 Å². The topological polar surface area (TPSA) is 52.3 Å². The molecular formula is C6H13NO2. The molecule has 0 radical (unpaired) electrons. The molecule has 3 heteroatoms. The van der Waals surface area contributed by atoms with E-state index in [-0.39, 0.29) is 12.7 Å². The van der Waals surface area contributed by atoms with Crippen LogP contribution in [0.4, 0.5) is 0 Å². The number of rotatable bonds is 1. The van der Waals surface area contributed by atoms with Crippen molar-refractivity contribution in [2.24, 2.45) is 11.1 Å². The van der Waals surface area contributed by atoms with Crippen LogP contribution in [0.1, 0.15) is 20.8 Å². The third kappa shape index (κ3) is 3.08. The molecule has 0 aliphatic carbocycles. The van der Waals surface area contributed by atoms with Crippen molar-refractivity contribution < 1.29 is 9.53 Å². The maximum atomic E-state index is 10.8. The first-order chi connectivity index (χ1) is 3.98. The van der Waals surface area contributed by atoms with Gasteiger partial charge in [-0.25, -0.2) is 0 Å². The van der Waals surface area contributed by atoms with E-state index in [1.165, 1.54) is 0 Å². The van der Waals surface area contributed by atoms with Gasteiger partial charge in [0.05, 0.1) is 5.41 Å². The van der Waals surface area contributed by atoms with E-state index in [9.17, 15) is 4.79 Å². The van der Waals surface area contributed by atoms with E-state index in [4.69, 9.17) is 5.73 Å². The summed E-state index contributed by atoms with van der Waals surface area (Å²) in [7, 11) is 0. The Balaban J connectivity index is 3.74. The van der Waals surface area contributed by atoms with Gasteiger partial charge in [-0.1, -0.05) is 0 Å². The molecule has 0 aromatic heterocycles. The molecule has 0 aliphatic heterocycles. The zero-order valence-electron chi connectivity index (χ0n) is 6.10. The van der Waals surface area contributed by atoms with Crippen LogP contribution in [-0.2, 0) is 9.53 Å². The van der Waals surface area contributed by atoms with E-state index in [1.807, 2.05) is 0 Å². The molecule has 54 valence electrons. The summed E-state index contributed by atoms with van der Waals surface area (Å²) in [5.74, 6) is -0.259. The first-order valence-corrected chi connectivity index (χ1v) is 2.86. The van der Waals surface area contributed by atoms with E-state index in [2.05, 4.69) is 4.74 Å². The van der Waals surface area contributed by atoms with Gasteiger partial charge in [0, 0.05) is 0 Å². The number of esters is 1. The Bertz CT molecular complexity index is 104. The molecule has 0 aliphatic rings. The third-order valence-corrected chi connectivity index (χ3v) is 0.827. The van der Waals surface area contributed by atoms with Crippen LogP contribution in [0.5, 0.6) is 0 Å². The lowest BCUT2D eigenvalue weighted by Crippen LogP contribution is -2.25. The van der Waals surface area contributed by atoms with Crippen molar-refractivity contribution in [3.63, 3.8) is 0 Å². The summed E-state index contributed by atoms with van der Waals surface area (Å²) in [5.41, 5.74) is 4.55. The fourth-order valence-corrected chi connectivity index (χ4v) is 0.292. The summed E-state index contributed by atoms with van der Waals surface area (Å²) < 4.78 is 4.55. The predicted octanol–water partition coefficient (Wildman–Crippen LogP) is 0.492. The lowest BCUT2D eigenvalue weighted by Gasteiger charge is -2.14. The number of carbonyl (C=O) groups is 1. The van der Waals surface area contributed by atoms with E-state index >= 15 is 0 Å². The summed E-state index contributed by atoms with van der Waals surface area (Å²) in [6, 6.07) is 0. The lowest BCUT2D eigenvalue weighted by atomic mass is 9.98. The van der Waals surface area contributed by atoms with Crippen molar-refractivity contribution in [3.05, 3.63) is 0 Å². The normalized spacial score (nSPS) is 11.1. The first-order valence-electron chi connectivity index (χ1n) is 2.86. The average Bonchev–Trinajstić information content (AvgIpc) is 1.64. The monoisotopic (exact) mass is 131 g/mol. The quantitative estimate of drug-likeness (QED) is 0.416. The van der Waals surface area contributed by atoms with Gasteiger partial charge in [-0.15, -0.1) is 0 Å². The van der Waals surface area contributed by atoms with Crippen molar-refractivity contribution in [2.45, 2.75) is 20.8 Å². The molecule has 0 aromatic rings. The Morgan fingerprint density at radius 3 is 2.11 bits per heavy atom. The SMILES string of the molecule is CC(C)(C)C(=O)OCN. The molecule has 0 unspecified atom stereocenters. The fourth-order valence-electron chi connectivity index (χ4n) is 0.292. The molecule has 0 saturated heterocycles. The van der Waals surface area contributed by atoms with Crippen molar-refractivity contribution in [1.82, 2.24) is 0 Å². The van der Waals surface area contributed by atoms with Gasteiger partial charge in [0.25, 0.3) is 0 Å². The Labute approximate surface area is 55.2 Å². The Morgan fingerprint density at radius 1 is 1.56 bits per heavy atom. The molecule has 9 heavy (non-hydrogen) atoms. The summed E-state index contributed by atoms with van der Waals surface area (Å²) in [5, 5.41) is 0. The molecule has 0 rings (SSSR count). The Morgan fingerprint density at radius 2 is 2.00 bits per heavy atom. The molecule has 0 saturated carbocycles. The number of carbonyl (C=O) groups excluding carboxylic acids is 1. The van der Waals surface area contributed by atoms with Crippen LogP contribution in [0.15, 0.2) is 0 Å². The highest BCUT2D eigenvalue weighted by Gasteiger charge is 2.22. The molecular weight excluding hydrogens is 118 g/mol. The molecule has 0 aromatic carbocycles. The van der Waals surface area contributed by atoms with E-state index < -0.39 is 5.41 Å². The van der Waals surface area contributed by atoms with Crippen molar-refractivity contribution in [3.8, 4) is 0 Å². The van der Waals surface area contributed by atoms with Crippen molar-refractivity contribution in [1.29, 1.82) is 0 Å². The van der Waals surface area contributed by atoms with Crippen molar-refractivity contribution >= 4 is 5.97 Å². The van der Waals surface area contributed by atoms with Crippen molar-refractivity contribution in [2.75, 3.05) is 6.73 Å². The number of hydrogen-bond acceptors (Lipinski definition) is 3. The summed E-state index contributed by atoms with van der Waals surface area (Å²) in [6.45, 7) is 5.32. The maximum absolute atomic E-state index is 10.8. The van der Waals surface area contributed by atoms with Gasteiger partial charge < -0.3 is 4.74 Å².